The lowest BCUT2D eigenvalue weighted by molar-refractivity contribution is 0.102. The van der Waals surface area contributed by atoms with Crippen LogP contribution in [0, 0.1) is 0 Å². The maximum atomic E-state index is 11.5. The Morgan fingerprint density at radius 3 is 3.00 bits per heavy atom. The van der Waals surface area contributed by atoms with Gasteiger partial charge in [-0.25, -0.2) is 5.10 Å². The fourth-order valence-electron chi connectivity index (χ4n) is 0.997. The average Bonchev–Trinajstić information content (AvgIpc) is 2.70. The molecular weight excluding hydrogens is 198 g/mol. The molecule has 0 saturated carbocycles. The van der Waals surface area contributed by atoms with Gasteiger partial charge in [0.1, 0.15) is 12.1 Å². The predicted molar refractivity (Wildman–Crippen MR) is 50.2 cm³/mol. The summed E-state index contributed by atoms with van der Waals surface area (Å²) in [5.41, 5.74) is 0.242. The van der Waals surface area contributed by atoms with E-state index in [0.29, 0.717) is 0 Å². The second-order valence-electron chi connectivity index (χ2n) is 2.72. The Labute approximate surface area is 84.2 Å². The number of carbonyl (C=O) groups is 1. The number of aromatic hydroxyl groups is 1. The molecule has 0 saturated heterocycles. The number of anilines is 1. The summed E-state index contributed by atoms with van der Waals surface area (Å²) < 4.78 is 0. The van der Waals surface area contributed by atoms with Crippen molar-refractivity contribution in [2.75, 3.05) is 5.32 Å². The van der Waals surface area contributed by atoms with Crippen LogP contribution < -0.4 is 5.32 Å². The number of rotatable bonds is 2. The molecule has 0 atom stereocenters. The second-order valence-corrected chi connectivity index (χ2v) is 2.72. The number of aromatic amines is 1. The van der Waals surface area contributed by atoms with Gasteiger partial charge < -0.3 is 5.11 Å². The highest BCUT2D eigenvalue weighted by molar-refractivity contribution is 6.03. The smallest absolute Gasteiger partial charge is 0.259 e. The third-order valence-electron chi connectivity index (χ3n) is 1.63. The molecule has 0 unspecified atom stereocenters. The van der Waals surface area contributed by atoms with Gasteiger partial charge in [0.15, 0.2) is 0 Å². The topological polar surface area (TPSA) is 104 Å². The third kappa shape index (κ3) is 2.08. The van der Waals surface area contributed by atoms with Crippen LogP contribution in [0.1, 0.15) is 10.4 Å². The van der Waals surface area contributed by atoms with Crippen molar-refractivity contribution in [1.29, 1.82) is 0 Å². The van der Waals surface area contributed by atoms with E-state index in [1.165, 1.54) is 24.8 Å². The van der Waals surface area contributed by atoms with Gasteiger partial charge in [-0.3, -0.25) is 15.1 Å². The van der Waals surface area contributed by atoms with Crippen molar-refractivity contribution in [3.8, 4) is 5.75 Å². The molecule has 7 nitrogen and oxygen atoms in total. The summed E-state index contributed by atoms with van der Waals surface area (Å²) in [5, 5.41) is 17.6. The standard InChI is InChI=1S/C8H7N5O2/c14-6-1-5(2-9-3-6)7(15)12-8-10-4-11-13-8/h1-4,14H,(H2,10,11,12,13,15). The second kappa shape index (κ2) is 3.74. The zero-order valence-electron chi connectivity index (χ0n) is 7.51. The molecule has 76 valence electrons. The molecule has 2 heterocycles. The van der Waals surface area contributed by atoms with Gasteiger partial charge in [-0.1, -0.05) is 0 Å². The molecule has 7 heteroatoms. The maximum Gasteiger partial charge on any atom is 0.259 e. The van der Waals surface area contributed by atoms with Crippen LogP contribution in [0.25, 0.3) is 0 Å². The zero-order chi connectivity index (χ0) is 10.7. The molecule has 2 rings (SSSR count). The highest BCUT2D eigenvalue weighted by atomic mass is 16.3. The Bertz CT molecular complexity index is 468. The number of hydrogen-bond donors (Lipinski definition) is 3. The number of nitrogens with one attached hydrogen (secondary N) is 2. The number of amides is 1. The van der Waals surface area contributed by atoms with Crippen LogP contribution in [0.4, 0.5) is 5.95 Å². The molecule has 0 fully saturated rings. The molecule has 0 aliphatic rings. The van der Waals surface area contributed by atoms with E-state index >= 15 is 0 Å². The van der Waals surface area contributed by atoms with E-state index in [2.05, 4.69) is 25.5 Å². The van der Waals surface area contributed by atoms with E-state index in [0.717, 1.165) is 0 Å². The van der Waals surface area contributed by atoms with Crippen molar-refractivity contribution in [3.63, 3.8) is 0 Å². The van der Waals surface area contributed by atoms with Crippen LogP contribution in [0.2, 0.25) is 0 Å². The van der Waals surface area contributed by atoms with Crippen molar-refractivity contribution in [2.24, 2.45) is 0 Å². The zero-order valence-corrected chi connectivity index (χ0v) is 7.51. The van der Waals surface area contributed by atoms with Crippen LogP contribution in [0.15, 0.2) is 24.8 Å². The van der Waals surface area contributed by atoms with Gasteiger partial charge in [0, 0.05) is 6.20 Å². The van der Waals surface area contributed by atoms with Gasteiger partial charge in [0.05, 0.1) is 11.8 Å². The lowest BCUT2D eigenvalue weighted by Crippen LogP contribution is -2.13. The summed E-state index contributed by atoms with van der Waals surface area (Å²) in [7, 11) is 0. The summed E-state index contributed by atoms with van der Waals surface area (Å²) in [6.45, 7) is 0. The molecule has 0 aromatic carbocycles. The van der Waals surface area contributed by atoms with Crippen LogP contribution >= 0.6 is 0 Å². The number of hydrogen-bond acceptors (Lipinski definition) is 5. The van der Waals surface area contributed by atoms with Gasteiger partial charge in [0.2, 0.25) is 5.95 Å². The van der Waals surface area contributed by atoms with E-state index < -0.39 is 5.91 Å². The molecule has 0 aliphatic carbocycles. The SMILES string of the molecule is O=C(Nc1ncn[nH]1)c1cncc(O)c1. The highest BCUT2D eigenvalue weighted by Crippen LogP contribution is 2.09. The van der Waals surface area contributed by atoms with Crippen LogP contribution in [-0.2, 0) is 0 Å². The normalized spacial score (nSPS) is 9.87. The summed E-state index contributed by atoms with van der Waals surface area (Å²) in [4.78, 5) is 18.9. The van der Waals surface area contributed by atoms with E-state index in [-0.39, 0.29) is 17.3 Å². The molecule has 1 amide bonds. The fraction of sp³-hybridized carbons (Fsp3) is 0. The molecule has 0 aliphatic heterocycles. The number of nitrogens with zero attached hydrogens (tertiary/aromatic N) is 3. The lowest BCUT2D eigenvalue weighted by atomic mass is 10.2. The Morgan fingerprint density at radius 1 is 1.47 bits per heavy atom. The molecule has 2 aromatic rings. The Morgan fingerprint density at radius 2 is 2.33 bits per heavy atom. The van der Waals surface area contributed by atoms with Crippen molar-refractivity contribution in [3.05, 3.63) is 30.4 Å². The van der Waals surface area contributed by atoms with Crippen LogP contribution in [-0.4, -0.2) is 31.2 Å². The van der Waals surface area contributed by atoms with Crippen LogP contribution in [0.3, 0.4) is 0 Å². The Balaban J connectivity index is 2.15. The first-order chi connectivity index (χ1) is 7.25. The molecule has 0 radical (unpaired) electrons. The summed E-state index contributed by atoms with van der Waals surface area (Å²) in [6.07, 6.45) is 3.85. The molecule has 15 heavy (non-hydrogen) atoms. The van der Waals surface area contributed by atoms with E-state index in [1.54, 1.807) is 0 Å². The molecule has 2 aromatic heterocycles. The number of carbonyl (C=O) groups excluding carboxylic acids is 1. The molecular formula is C8H7N5O2. The minimum Gasteiger partial charge on any atom is -0.506 e. The van der Waals surface area contributed by atoms with Crippen LogP contribution in [0.5, 0.6) is 5.75 Å². The minimum absolute atomic E-state index is 0.0692. The quantitative estimate of drug-likeness (QED) is 0.647. The molecule has 0 bridgehead atoms. The Kier molecular flexibility index (Phi) is 2.28. The first kappa shape index (κ1) is 9.13. The van der Waals surface area contributed by atoms with Gasteiger partial charge in [-0.05, 0) is 6.07 Å². The van der Waals surface area contributed by atoms with Gasteiger partial charge >= 0.3 is 0 Å². The van der Waals surface area contributed by atoms with E-state index in [4.69, 9.17) is 5.11 Å². The number of pyridine rings is 1. The lowest BCUT2D eigenvalue weighted by Gasteiger charge is -2.00. The average molecular weight is 205 g/mol. The summed E-state index contributed by atoms with van der Waals surface area (Å²) in [6, 6.07) is 1.30. The highest BCUT2D eigenvalue weighted by Gasteiger charge is 2.08. The predicted octanol–water partition coefficient (Wildman–Crippen LogP) is 0.158. The van der Waals surface area contributed by atoms with Gasteiger partial charge in [0.25, 0.3) is 5.91 Å². The van der Waals surface area contributed by atoms with E-state index in [9.17, 15) is 4.79 Å². The minimum atomic E-state index is -0.421. The monoisotopic (exact) mass is 205 g/mol. The fourth-order valence-corrected chi connectivity index (χ4v) is 0.997. The first-order valence-corrected chi connectivity index (χ1v) is 4.06. The van der Waals surface area contributed by atoms with Crippen molar-refractivity contribution in [1.82, 2.24) is 20.2 Å². The maximum absolute atomic E-state index is 11.5. The first-order valence-electron chi connectivity index (χ1n) is 4.06. The third-order valence-corrected chi connectivity index (χ3v) is 1.63. The van der Waals surface area contributed by atoms with Gasteiger partial charge in [-0.2, -0.15) is 10.1 Å². The number of aromatic nitrogens is 4. The van der Waals surface area contributed by atoms with Crippen molar-refractivity contribution < 1.29 is 9.90 Å². The summed E-state index contributed by atoms with van der Waals surface area (Å²) in [5.74, 6) is -0.251. The van der Waals surface area contributed by atoms with Crippen molar-refractivity contribution >= 4 is 11.9 Å². The van der Waals surface area contributed by atoms with Crippen molar-refractivity contribution in [2.45, 2.75) is 0 Å². The van der Waals surface area contributed by atoms with E-state index in [1.807, 2.05) is 0 Å². The number of H-pyrrole nitrogens is 1. The van der Waals surface area contributed by atoms with Gasteiger partial charge in [-0.15, -0.1) is 0 Å². The Hall–Kier alpha value is -2.44. The molecule has 3 N–H and O–H groups in total. The summed E-state index contributed by atoms with van der Waals surface area (Å²) >= 11 is 0. The molecule has 0 spiro atoms. The largest absolute Gasteiger partial charge is 0.506 e.